The molecule has 0 aromatic heterocycles. The van der Waals surface area contributed by atoms with Gasteiger partial charge in [-0.25, -0.2) is 0 Å². The number of hydrogen-bond acceptors (Lipinski definition) is 5. The quantitative estimate of drug-likeness (QED) is 0.543. The Balaban J connectivity index is 2.48. The van der Waals surface area contributed by atoms with Crippen molar-refractivity contribution in [2.24, 2.45) is 0 Å². The molecule has 1 rings (SSSR count). The summed E-state index contributed by atoms with van der Waals surface area (Å²) in [7, 11) is -3.42. The molecular weight excluding hydrogens is 296 g/mol. The number of ether oxygens (including phenoxy) is 1. The lowest BCUT2D eigenvalue weighted by atomic mass is 10.3. The minimum Gasteiger partial charge on any atom is -0.488 e. The van der Waals surface area contributed by atoms with Crippen molar-refractivity contribution in [1.82, 2.24) is 0 Å². The monoisotopic (exact) mass is 318 g/mol. The minimum absolute atomic E-state index is 0.0161. The molecule has 0 aliphatic heterocycles. The van der Waals surface area contributed by atoms with E-state index in [0.29, 0.717) is 11.0 Å². The largest absolute Gasteiger partial charge is 0.488 e. The first-order valence-corrected chi connectivity index (χ1v) is 9.27. The van der Waals surface area contributed by atoms with Gasteiger partial charge in [-0.15, -0.1) is 11.8 Å². The van der Waals surface area contributed by atoms with Crippen LogP contribution in [0.15, 0.2) is 29.2 Å². The molecule has 0 bridgehead atoms. The molecule has 0 aliphatic rings. The van der Waals surface area contributed by atoms with E-state index in [1.54, 1.807) is 6.92 Å². The van der Waals surface area contributed by atoms with Gasteiger partial charge in [-0.2, -0.15) is 8.42 Å². The van der Waals surface area contributed by atoms with Crippen LogP contribution >= 0.6 is 11.8 Å². The van der Waals surface area contributed by atoms with Gasteiger partial charge in [0.1, 0.15) is 18.5 Å². The molecule has 0 saturated carbocycles. The van der Waals surface area contributed by atoms with Crippen molar-refractivity contribution in [2.75, 3.05) is 12.9 Å². The van der Waals surface area contributed by atoms with Gasteiger partial charge in [-0.3, -0.25) is 4.18 Å². The zero-order valence-electron chi connectivity index (χ0n) is 12.3. The maximum Gasteiger partial charge on any atom is 0.264 e. The third kappa shape index (κ3) is 7.17. The molecule has 0 saturated heterocycles. The first-order chi connectivity index (χ1) is 9.30. The highest BCUT2D eigenvalue weighted by molar-refractivity contribution is 7.99. The lowest BCUT2D eigenvalue weighted by Gasteiger charge is -2.15. The topological polar surface area (TPSA) is 52.6 Å². The summed E-state index contributed by atoms with van der Waals surface area (Å²) in [6.07, 6.45) is 1.83. The van der Waals surface area contributed by atoms with Crippen LogP contribution in [0.3, 0.4) is 0 Å². The lowest BCUT2D eigenvalue weighted by Crippen LogP contribution is -2.21. The van der Waals surface area contributed by atoms with Gasteiger partial charge < -0.3 is 4.74 Å². The Bertz CT molecular complexity index is 496. The summed E-state index contributed by atoms with van der Waals surface area (Å²) >= 11 is 1.83. The van der Waals surface area contributed by atoms with E-state index in [-0.39, 0.29) is 12.7 Å². The van der Waals surface area contributed by atoms with E-state index in [1.807, 2.05) is 36.0 Å². The summed E-state index contributed by atoms with van der Waals surface area (Å²) in [6.45, 7) is 6.15. The maximum atomic E-state index is 10.9. The summed E-state index contributed by atoms with van der Waals surface area (Å²) < 4.78 is 32.1. The van der Waals surface area contributed by atoms with Crippen molar-refractivity contribution < 1.29 is 17.3 Å². The summed E-state index contributed by atoms with van der Waals surface area (Å²) in [5.41, 5.74) is 0. The summed E-state index contributed by atoms with van der Waals surface area (Å²) in [4.78, 5) is 1.20. The fourth-order valence-electron chi connectivity index (χ4n) is 1.40. The van der Waals surface area contributed by atoms with Crippen molar-refractivity contribution in [3.05, 3.63) is 24.3 Å². The molecule has 114 valence electrons. The number of rotatable bonds is 8. The lowest BCUT2D eigenvalue weighted by molar-refractivity contribution is 0.147. The third-order valence-electron chi connectivity index (χ3n) is 2.59. The Labute approximate surface area is 126 Å². The molecule has 0 spiro atoms. The standard InChI is InChI=1S/C14H22O4S2/c1-5-12(3)19-14-8-6-13(7-9-14)18-11(2)10-17-20(4,15)16/h6-9,11-12H,5,10H2,1-4H3. The van der Waals surface area contributed by atoms with Gasteiger partial charge >= 0.3 is 0 Å². The SMILES string of the molecule is CCC(C)Sc1ccc(OC(C)COS(C)(=O)=O)cc1. The average Bonchev–Trinajstić information content (AvgIpc) is 2.38. The molecule has 0 fully saturated rings. The molecule has 6 heteroatoms. The molecular formula is C14H22O4S2. The van der Waals surface area contributed by atoms with Crippen molar-refractivity contribution in [1.29, 1.82) is 0 Å². The molecule has 2 unspecified atom stereocenters. The Hall–Kier alpha value is -0.720. The van der Waals surface area contributed by atoms with Crippen molar-refractivity contribution in [3.63, 3.8) is 0 Å². The van der Waals surface area contributed by atoms with Crippen LogP contribution in [0.4, 0.5) is 0 Å². The second kappa shape index (κ2) is 7.90. The van der Waals surface area contributed by atoms with Gasteiger partial charge in [-0.05, 0) is 37.6 Å². The van der Waals surface area contributed by atoms with E-state index >= 15 is 0 Å². The van der Waals surface area contributed by atoms with Crippen LogP contribution in [0.1, 0.15) is 27.2 Å². The summed E-state index contributed by atoms with van der Waals surface area (Å²) in [5, 5.41) is 0.587. The van der Waals surface area contributed by atoms with Gasteiger partial charge in [0, 0.05) is 10.1 Å². The number of benzene rings is 1. The highest BCUT2D eigenvalue weighted by atomic mass is 32.2. The molecule has 0 heterocycles. The Morgan fingerprint density at radius 1 is 1.20 bits per heavy atom. The zero-order valence-corrected chi connectivity index (χ0v) is 14.0. The van der Waals surface area contributed by atoms with Crippen molar-refractivity contribution in [2.45, 2.75) is 43.4 Å². The number of thioether (sulfide) groups is 1. The van der Waals surface area contributed by atoms with Crippen LogP contribution in [0, 0.1) is 0 Å². The highest BCUT2D eigenvalue weighted by Gasteiger charge is 2.09. The van der Waals surface area contributed by atoms with Crippen LogP contribution in [-0.4, -0.2) is 32.6 Å². The molecule has 4 nitrogen and oxygen atoms in total. The zero-order chi connectivity index (χ0) is 15.2. The molecule has 20 heavy (non-hydrogen) atoms. The van der Waals surface area contributed by atoms with Gasteiger partial charge in [-0.1, -0.05) is 13.8 Å². The molecule has 1 aromatic rings. The first kappa shape index (κ1) is 17.3. The third-order valence-corrected chi connectivity index (χ3v) is 4.43. The van der Waals surface area contributed by atoms with E-state index in [9.17, 15) is 8.42 Å². The van der Waals surface area contributed by atoms with Gasteiger partial charge in [0.05, 0.1) is 6.26 Å². The fraction of sp³-hybridized carbons (Fsp3) is 0.571. The second-order valence-electron chi connectivity index (χ2n) is 4.73. The molecule has 0 aliphatic carbocycles. The van der Waals surface area contributed by atoms with Crippen LogP contribution in [0.25, 0.3) is 0 Å². The van der Waals surface area contributed by atoms with E-state index in [1.165, 1.54) is 4.90 Å². The van der Waals surface area contributed by atoms with E-state index in [4.69, 9.17) is 8.92 Å². The highest BCUT2D eigenvalue weighted by Crippen LogP contribution is 2.27. The normalized spacial score (nSPS) is 14.8. The van der Waals surface area contributed by atoms with E-state index in [0.717, 1.165) is 12.7 Å². The van der Waals surface area contributed by atoms with Gasteiger partial charge in [0.25, 0.3) is 10.1 Å². The van der Waals surface area contributed by atoms with Crippen LogP contribution in [0.2, 0.25) is 0 Å². The molecule has 2 atom stereocenters. The van der Waals surface area contributed by atoms with E-state index in [2.05, 4.69) is 13.8 Å². The summed E-state index contributed by atoms with van der Waals surface area (Å²) in [6, 6.07) is 7.80. The smallest absolute Gasteiger partial charge is 0.264 e. The van der Waals surface area contributed by atoms with Gasteiger partial charge in [0.2, 0.25) is 0 Å². The fourth-order valence-corrected chi connectivity index (χ4v) is 2.76. The Kier molecular flexibility index (Phi) is 6.85. The van der Waals surface area contributed by atoms with Crippen molar-refractivity contribution >= 4 is 21.9 Å². The maximum absolute atomic E-state index is 10.9. The molecule has 0 radical (unpaired) electrons. The van der Waals surface area contributed by atoms with Crippen LogP contribution in [-0.2, 0) is 14.3 Å². The minimum atomic E-state index is -3.42. The predicted molar refractivity (Wildman–Crippen MR) is 82.9 cm³/mol. The second-order valence-corrected chi connectivity index (χ2v) is 7.88. The Morgan fingerprint density at radius 2 is 1.80 bits per heavy atom. The predicted octanol–water partition coefficient (Wildman–Crippen LogP) is 3.32. The van der Waals surface area contributed by atoms with Crippen molar-refractivity contribution in [3.8, 4) is 5.75 Å². The Morgan fingerprint density at radius 3 is 2.30 bits per heavy atom. The van der Waals surface area contributed by atoms with Gasteiger partial charge in [0.15, 0.2) is 0 Å². The van der Waals surface area contributed by atoms with E-state index < -0.39 is 10.1 Å². The average molecular weight is 318 g/mol. The first-order valence-electron chi connectivity index (χ1n) is 6.58. The van der Waals surface area contributed by atoms with Crippen LogP contribution < -0.4 is 4.74 Å². The summed E-state index contributed by atoms with van der Waals surface area (Å²) in [5.74, 6) is 0.711. The molecule has 0 N–H and O–H groups in total. The molecule has 0 amide bonds. The number of hydrogen-bond donors (Lipinski definition) is 0. The molecule has 1 aromatic carbocycles. The van der Waals surface area contributed by atoms with Crippen LogP contribution in [0.5, 0.6) is 5.75 Å².